The number of nitrogens with zero attached hydrogens (tertiary/aromatic N) is 1. The summed E-state index contributed by atoms with van der Waals surface area (Å²) in [5, 5.41) is 0. The van der Waals surface area contributed by atoms with E-state index in [4.69, 9.17) is 5.73 Å². The minimum absolute atomic E-state index is 0.0854. The van der Waals surface area contributed by atoms with Crippen molar-refractivity contribution >= 4 is 22.4 Å². The molecule has 2 N–H and O–H groups in total. The largest absolute Gasteiger partial charge is 0.398 e. The van der Waals surface area contributed by atoms with Crippen molar-refractivity contribution in [1.29, 1.82) is 0 Å². The maximum Gasteiger partial charge on any atom is 0.281 e. The zero-order valence-electron chi connectivity index (χ0n) is 7.90. The second kappa shape index (κ2) is 3.79. The number of hydrogen-bond donors (Lipinski definition) is 1. The van der Waals surface area contributed by atoms with Crippen molar-refractivity contribution in [2.24, 2.45) is 4.40 Å². The fourth-order valence-corrected chi connectivity index (χ4v) is 1.79. The first kappa shape index (κ1) is 10.7. The molecule has 1 aromatic rings. The van der Waals surface area contributed by atoms with E-state index in [1.54, 1.807) is 6.07 Å². The molecule has 0 heterocycles. The van der Waals surface area contributed by atoms with Crippen molar-refractivity contribution in [2.75, 3.05) is 5.73 Å². The smallest absolute Gasteiger partial charge is 0.281 e. The lowest BCUT2D eigenvalue weighted by molar-refractivity contribution is 0.598. The van der Waals surface area contributed by atoms with E-state index in [0.29, 0.717) is 5.69 Å². The van der Waals surface area contributed by atoms with Crippen LogP contribution in [0, 0.1) is 0 Å². The molecule has 0 aliphatic rings. The number of sulfonamides is 1. The van der Waals surface area contributed by atoms with Gasteiger partial charge in [0.1, 0.15) is 0 Å². The molecule has 0 aliphatic carbocycles. The highest BCUT2D eigenvalue weighted by atomic mass is 32.2. The Morgan fingerprint density at radius 3 is 2.57 bits per heavy atom. The van der Waals surface area contributed by atoms with Gasteiger partial charge >= 0.3 is 0 Å². The van der Waals surface area contributed by atoms with Gasteiger partial charge in [-0.25, -0.2) is 0 Å². The van der Waals surface area contributed by atoms with Gasteiger partial charge in [-0.2, -0.15) is 12.8 Å². The molecule has 0 amide bonds. The molecular weight excluding hydrogens is 200 g/mol. The minimum atomic E-state index is -3.61. The Bertz CT molecular complexity index is 452. The van der Waals surface area contributed by atoms with E-state index < -0.39 is 10.0 Å². The van der Waals surface area contributed by atoms with Crippen LogP contribution < -0.4 is 5.73 Å². The van der Waals surface area contributed by atoms with Crippen molar-refractivity contribution < 1.29 is 8.42 Å². The van der Waals surface area contributed by atoms with Crippen molar-refractivity contribution in [3.8, 4) is 0 Å². The molecule has 0 aromatic heterocycles. The van der Waals surface area contributed by atoms with E-state index >= 15 is 0 Å². The van der Waals surface area contributed by atoms with Gasteiger partial charge in [-0.1, -0.05) is 13.0 Å². The van der Waals surface area contributed by atoms with Crippen LogP contribution >= 0.6 is 0 Å². The average Bonchev–Trinajstić information content (AvgIpc) is 2.17. The first-order valence-electron chi connectivity index (χ1n) is 4.12. The standard InChI is InChI=1S/C9H12N2O2S/c1-3-7-4-5-8(6-9(7)10)14(12,13)11-2/h4-6H,2-3,10H2,1H3. The molecule has 0 radical (unpaired) electrons. The molecule has 14 heavy (non-hydrogen) atoms. The summed E-state index contributed by atoms with van der Waals surface area (Å²) in [6.07, 6.45) is 0.772. The summed E-state index contributed by atoms with van der Waals surface area (Å²) < 4.78 is 25.6. The van der Waals surface area contributed by atoms with Crippen molar-refractivity contribution in [2.45, 2.75) is 18.2 Å². The fraction of sp³-hybridized carbons (Fsp3) is 0.222. The number of aryl methyl sites for hydroxylation is 1. The summed E-state index contributed by atoms with van der Waals surface area (Å²) in [7, 11) is -3.61. The van der Waals surface area contributed by atoms with Gasteiger partial charge in [-0.3, -0.25) is 0 Å². The molecule has 1 aromatic carbocycles. The number of nitrogens with two attached hydrogens (primary N) is 1. The van der Waals surface area contributed by atoms with Gasteiger partial charge in [0.05, 0.1) is 4.90 Å². The molecule has 0 unspecified atom stereocenters. The number of hydrogen-bond acceptors (Lipinski definition) is 3. The molecule has 5 heteroatoms. The molecule has 0 saturated carbocycles. The maximum atomic E-state index is 11.3. The Balaban J connectivity index is 3.29. The molecule has 0 aliphatic heterocycles. The summed E-state index contributed by atoms with van der Waals surface area (Å²) in [6.45, 7) is 4.95. The van der Waals surface area contributed by atoms with Gasteiger partial charge in [-0.15, -0.1) is 0 Å². The third-order valence-electron chi connectivity index (χ3n) is 1.97. The van der Waals surface area contributed by atoms with Crippen molar-refractivity contribution in [3.05, 3.63) is 23.8 Å². The summed E-state index contributed by atoms with van der Waals surface area (Å²) in [5.74, 6) is 0. The lowest BCUT2D eigenvalue weighted by Gasteiger charge is -2.04. The predicted octanol–water partition coefficient (Wildman–Crippen LogP) is 1.22. The molecule has 1 rings (SSSR count). The average molecular weight is 212 g/mol. The topological polar surface area (TPSA) is 72.5 Å². The highest BCUT2D eigenvalue weighted by Crippen LogP contribution is 2.19. The third kappa shape index (κ3) is 1.93. The summed E-state index contributed by atoms with van der Waals surface area (Å²) in [6, 6.07) is 4.58. The predicted molar refractivity (Wildman–Crippen MR) is 57.0 cm³/mol. The molecule has 4 nitrogen and oxygen atoms in total. The SMILES string of the molecule is C=NS(=O)(=O)c1ccc(CC)c(N)c1. The van der Waals surface area contributed by atoms with Gasteiger partial charge < -0.3 is 5.73 Å². The normalized spacial score (nSPS) is 11.2. The molecular formula is C9H12N2O2S. The van der Waals surface area contributed by atoms with Crippen LogP contribution in [0.25, 0.3) is 0 Å². The Labute approximate surface area is 83.5 Å². The lowest BCUT2D eigenvalue weighted by Crippen LogP contribution is -1.99. The Hall–Kier alpha value is -1.36. The molecule has 76 valence electrons. The molecule has 0 spiro atoms. The molecule has 0 saturated heterocycles. The van der Waals surface area contributed by atoms with Gasteiger partial charge in [0.2, 0.25) is 0 Å². The van der Waals surface area contributed by atoms with Gasteiger partial charge in [-0.05, 0) is 24.1 Å². The maximum absolute atomic E-state index is 11.3. The fourth-order valence-electron chi connectivity index (χ4n) is 1.13. The van der Waals surface area contributed by atoms with Crippen LogP contribution in [-0.2, 0) is 16.4 Å². The number of anilines is 1. The van der Waals surface area contributed by atoms with Crippen LogP contribution in [0.15, 0.2) is 27.5 Å². The van der Waals surface area contributed by atoms with Gasteiger partial charge in [0, 0.05) is 12.4 Å². The van der Waals surface area contributed by atoms with Crippen LogP contribution in [0.2, 0.25) is 0 Å². The van der Waals surface area contributed by atoms with E-state index in [0.717, 1.165) is 12.0 Å². The number of nitrogen functional groups attached to an aromatic ring is 1. The second-order valence-corrected chi connectivity index (χ2v) is 4.50. The number of rotatable bonds is 3. The second-order valence-electron chi connectivity index (χ2n) is 2.82. The summed E-state index contributed by atoms with van der Waals surface area (Å²) >= 11 is 0. The van der Waals surface area contributed by atoms with E-state index in [2.05, 4.69) is 11.1 Å². The van der Waals surface area contributed by atoms with Crippen LogP contribution in [-0.4, -0.2) is 15.1 Å². The van der Waals surface area contributed by atoms with Crippen LogP contribution in [0.4, 0.5) is 5.69 Å². The monoisotopic (exact) mass is 212 g/mol. The van der Waals surface area contributed by atoms with Crippen molar-refractivity contribution in [3.63, 3.8) is 0 Å². The summed E-state index contributed by atoms with van der Waals surface area (Å²) in [4.78, 5) is 0.0854. The first-order valence-corrected chi connectivity index (χ1v) is 5.56. The van der Waals surface area contributed by atoms with Crippen LogP contribution in [0.5, 0.6) is 0 Å². The number of benzene rings is 1. The van der Waals surface area contributed by atoms with E-state index in [1.807, 2.05) is 6.92 Å². The minimum Gasteiger partial charge on any atom is -0.398 e. The Morgan fingerprint density at radius 2 is 2.14 bits per heavy atom. The van der Waals surface area contributed by atoms with Crippen molar-refractivity contribution in [1.82, 2.24) is 0 Å². The molecule has 0 bridgehead atoms. The zero-order valence-corrected chi connectivity index (χ0v) is 8.71. The van der Waals surface area contributed by atoms with E-state index in [-0.39, 0.29) is 4.90 Å². The van der Waals surface area contributed by atoms with E-state index in [1.165, 1.54) is 12.1 Å². The van der Waals surface area contributed by atoms with Crippen LogP contribution in [0.1, 0.15) is 12.5 Å². The molecule has 0 atom stereocenters. The zero-order chi connectivity index (χ0) is 10.8. The molecule has 0 fully saturated rings. The van der Waals surface area contributed by atoms with Gasteiger partial charge in [0.15, 0.2) is 0 Å². The lowest BCUT2D eigenvalue weighted by atomic mass is 10.1. The third-order valence-corrected chi connectivity index (χ3v) is 3.16. The van der Waals surface area contributed by atoms with Gasteiger partial charge in [0.25, 0.3) is 10.0 Å². The first-order chi connectivity index (χ1) is 6.51. The quantitative estimate of drug-likeness (QED) is 0.604. The Morgan fingerprint density at radius 1 is 1.50 bits per heavy atom. The highest BCUT2D eigenvalue weighted by Gasteiger charge is 2.11. The van der Waals surface area contributed by atoms with E-state index in [9.17, 15) is 8.42 Å². The highest BCUT2D eigenvalue weighted by molar-refractivity contribution is 7.90. The Kier molecular flexibility index (Phi) is 2.90. The summed E-state index contributed by atoms with van der Waals surface area (Å²) in [5.41, 5.74) is 7.05. The van der Waals surface area contributed by atoms with Crippen LogP contribution in [0.3, 0.4) is 0 Å².